The summed E-state index contributed by atoms with van der Waals surface area (Å²) in [6.45, 7) is 3.63. The second-order valence-electron chi connectivity index (χ2n) is 7.63. The fourth-order valence-corrected chi connectivity index (χ4v) is 4.23. The van der Waals surface area contributed by atoms with Gasteiger partial charge in [-0.15, -0.1) is 0 Å². The summed E-state index contributed by atoms with van der Waals surface area (Å²) in [4.78, 5) is 17.5. The van der Waals surface area contributed by atoms with Crippen LogP contribution in [0.1, 0.15) is 17.1 Å². The summed E-state index contributed by atoms with van der Waals surface area (Å²) >= 11 is 2.37. The van der Waals surface area contributed by atoms with Crippen molar-refractivity contribution in [3.63, 3.8) is 0 Å². The van der Waals surface area contributed by atoms with Crippen molar-refractivity contribution in [2.75, 3.05) is 6.54 Å². The number of hydrogen-bond acceptors (Lipinski definition) is 5. The molecule has 1 N–H and O–H groups in total. The molecule has 8 heteroatoms. The van der Waals surface area contributed by atoms with Crippen molar-refractivity contribution in [3.05, 3.63) is 90.3 Å². The van der Waals surface area contributed by atoms with Gasteiger partial charge in [-0.1, -0.05) is 36.4 Å². The lowest BCUT2D eigenvalue weighted by atomic mass is 10.1. The number of aryl methyl sites for hydroxylation is 1. The quantitative estimate of drug-likeness (QED) is 0.238. The van der Waals surface area contributed by atoms with Gasteiger partial charge in [0.2, 0.25) is 0 Å². The number of halogens is 1. The maximum atomic E-state index is 4.95. The molecular formula is C24H22IN7. The molecule has 160 valence electrons. The fourth-order valence-electron chi connectivity index (χ4n) is 3.67. The molecule has 0 saturated heterocycles. The number of aromatic nitrogens is 6. The third kappa shape index (κ3) is 4.56. The molecule has 5 rings (SSSR count). The van der Waals surface area contributed by atoms with E-state index in [1.165, 1.54) is 5.56 Å². The van der Waals surface area contributed by atoms with E-state index in [2.05, 4.69) is 65.3 Å². The maximum absolute atomic E-state index is 4.95. The number of aromatic amines is 1. The highest BCUT2D eigenvalue weighted by atomic mass is 127. The van der Waals surface area contributed by atoms with Crippen LogP contribution in [0.5, 0.6) is 0 Å². The van der Waals surface area contributed by atoms with Crippen LogP contribution in [-0.4, -0.2) is 39.2 Å². The minimum atomic E-state index is 0.706. The molecule has 0 atom stereocenters. The van der Waals surface area contributed by atoms with Crippen LogP contribution in [0.25, 0.3) is 28.3 Å². The number of benzene rings is 1. The molecule has 0 aliphatic carbocycles. The number of nitrogens with one attached hydrogen (secondary N) is 1. The Balaban J connectivity index is 1.45. The normalized spacial score (nSPS) is 11.5. The number of pyridine rings is 2. The zero-order valence-corrected chi connectivity index (χ0v) is 19.8. The average molecular weight is 535 g/mol. The average Bonchev–Trinajstić information content (AvgIpc) is 3.45. The molecular weight excluding hydrogens is 513 g/mol. The Kier molecular flexibility index (Phi) is 5.95. The molecule has 4 heterocycles. The Hall–Kier alpha value is -3.11. The van der Waals surface area contributed by atoms with Crippen LogP contribution in [0.4, 0.5) is 0 Å². The van der Waals surface area contributed by atoms with Crippen molar-refractivity contribution in [2.45, 2.75) is 19.9 Å². The van der Waals surface area contributed by atoms with E-state index >= 15 is 0 Å². The van der Waals surface area contributed by atoms with Crippen molar-refractivity contribution in [1.82, 2.24) is 32.7 Å². The van der Waals surface area contributed by atoms with Gasteiger partial charge in [0.25, 0.3) is 0 Å². The maximum Gasteiger partial charge on any atom is 0.155 e. The lowest BCUT2D eigenvalue weighted by molar-refractivity contribution is 0.497. The lowest BCUT2D eigenvalue weighted by Gasteiger charge is -2.12. The van der Waals surface area contributed by atoms with E-state index in [-0.39, 0.29) is 0 Å². The zero-order chi connectivity index (χ0) is 21.9. The van der Waals surface area contributed by atoms with Crippen LogP contribution in [-0.2, 0) is 13.0 Å². The SMILES string of the molecule is Cc1cccc(-c2nc(CN(I)CCc3ccccc3)[nH]c2-c2ccc3ncnn3c2)n1. The number of imidazole rings is 1. The van der Waals surface area contributed by atoms with E-state index in [1.807, 2.05) is 49.5 Å². The molecule has 7 nitrogen and oxygen atoms in total. The molecule has 0 radical (unpaired) electrons. The van der Waals surface area contributed by atoms with E-state index < -0.39 is 0 Å². The first-order chi connectivity index (χ1) is 15.7. The molecule has 5 aromatic rings. The Bertz CT molecular complexity index is 1340. The molecule has 4 aromatic heterocycles. The fraction of sp³-hybridized carbons (Fsp3) is 0.167. The number of hydrogen-bond donors (Lipinski definition) is 1. The Labute approximate surface area is 200 Å². The van der Waals surface area contributed by atoms with Gasteiger partial charge in [0.15, 0.2) is 5.65 Å². The van der Waals surface area contributed by atoms with Gasteiger partial charge >= 0.3 is 0 Å². The van der Waals surface area contributed by atoms with E-state index in [1.54, 1.807) is 10.8 Å². The number of nitrogens with zero attached hydrogens (tertiary/aromatic N) is 6. The van der Waals surface area contributed by atoms with Gasteiger partial charge < -0.3 is 4.98 Å². The zero-order valence-electron chi connectivity index (χ0n) is 17.6. The van der Waals surface area contributed by atoms with Gasteiger partial charge in [-0.2, -0.15) is 5.10 Å². The number of fused-ring (bicyclic) bond motifs is 1. The number of H-pyrrole nitrogens is 1. The molecule has 0 aliphatic heterocycles. The minimum Gasteiger partial charge on any atom is -0.340 e. The third-order valence-corrected chi connectivity index (χ3v) is 6.08. The Morgan fingerprint density at radius 2 is 1.88 bits per heavy atom. The van der Waals surface area contributed by atoms with Crippen LogP contribution in [0.3, 0.4) is 0 Å². The van der Waals surface area contributed by atoms with Crippen molar-refractivity contribution in [1.29, 1.82) is 0 Å². The first kappa shape index (κ1) is 20.8. The molecule has 0 fully saturated rings. The Morgan fingerprint density at radius 3 is 2.72 bits per heavy atom. The topological polar surface area (TPSA) is 75.0 Å². The van der Waals surface area contributed by atoms with E-state index in [0.29, 0.717) is 6.54 Å². The van der Waals surface area contributed by atoms with Gasteiger partial charge in [0.05, 0.1) is 17.9 Å². The molecule has 0 saturated carbocycles. The summed E-state index contributed by atoms with van der Waals surface area (Å²) in [6, 6.07) is 20.6. The van der Waals surface area contributed by atoms with Crippen LogP contribution in [0.15, 0.2) is 73.2 Å². The Morgan fingerprint density at radius 1 is 1.00 bits per heavy atom. The van der Waals surface area contributed by atoms with E-state index in [4.69, 9.17) is 9.97 Å². The highest BCUT2D eigenvalue weighted by Crippen LogP contribution is 2.30. The van der Waals surface area contributed by atoms with Crippen LogP contribution in [0, 0.1) is 6.92 Å². The highest BCUT2D eigenvalue weighted by Gasteiger charge is 2.17. The van der Waals surface area contributed by atoms with Gasteiger partial charge in [0, 0.05) is 46.9 Å². The highest BCUT2D eigenvalue weighted by molar-refractivity contribution is 14.1. The van der Waals surface area contributed by atoms with E-state index in [0.717, 1.165) is 52.8 Å². The predicted octanol–water partition coefficient (Wildman–Crippen LogP) is 4.88. The van der Waals surface area contributed by atoms with Crippen molar-refractivity contribution >= 4 is 28.5 Å². The van der Waals surface area contributed by atoms with Crippen LogP contribution < -0.4 is 0 Å². The molecule has 32 heavy (non-hydrogen) atoms. The molecule has 0 amide bonds. The number of rotatable bonds is 7. The van der Waals surface area contributed by atoms with Crippen molar-refractivity contribution in [3.8, 4) is 22.6 Å². The van der Waals surface area contributed by atoms with Gasteiger partial charge in [-0.3, -0.25) is 4.98 Å². The van der Waals surface area contributed by atoms with E-state index in [9.17, 15) is 0 Å². The molecule has 0 bridgehead atoms. The standard InChI is InChI=1S/C24H22IN7/c1-17-6-5-9-20(28-17)24-23(19-10-11-22-26-16-27-32(22)14-19)29-21(30-24)15-31(25)13-12-18-7-3-2-4-8-18/h2-11,14,16H,12-13,15H2,1H3,(H,29,30). The summed E-state index contributed by atoms with van der Waals surface area (Å²) in [5, 5.41) is 4.28. The second kappa shape index (κ2) is 9.17. The second-order valence-corrected chi connectivity index (χ2v) is 9.00. The minimum absolute atomic E-state index is 0.706. The molecule has 0 aliphatic rings. The third-order valence-electron chi connectivity index (χ3n) is 5.25. The van der Waals surface area contributed by atoms with Crippen molar-refractivity contribution in [2.24, 2.45) is 0 Å². The largest absolute Gasteiger partial charge is 0.340 e. The monoisotopic (exact) mass is 535 g/mol. The summed E-state index contributed by atoms with van der Waals surface area (Å²) in [7, 11) is 0. The van der Waals surface area contributed by atoms with Crippen molar-refractivity contribution < 1.29 is 0 Å². The van der Waals surface area contributed by atoms with Crippen LogP contribution in [0.2, 0.25) is 0 Å². The summed E-state index contributed by atoms with van der Waals surface area (Å²) < 4.78 is 4.02. The smallest absolute Gasteiger partial charge is 0.155 e. The molecule has 0 unspecified atom stereocenters. The van der Waals surface area contributed by atoms with Gasteiger partial charge in [-0.05, 0) is 43.2 Å². The van der Waals surface area contributed by atoms with Gasteiger partial charge in [0.1, 0.15) is 17.8 Å². The predicted molar refractivity (Wildman–Crippen MR) is 133 cm³/mol. The lowest BCUT2D eigenvalue weighted by Crippen LogP contribution is -2.15. The summed E-state index contributed by atoms with van der Waals surface area (Å²) in [6.07, 6.45) is 4.52. The molecule has 1 aromatic carbocycles. The molecule has 0 spiro atoms. The van der Waals surface area contributed by atoms with Crippen LogP contribution >= 0.6 is 22.9 Å². The summed E-state index contributed by atoms with van der Waals surface area (Å²) in [5.41, 5.74) is 6.72. The first-order valence-electron chi connectivity index (χ1n) is 10.4. The van der Waals surface area contributed by atoms with Gasteiger partial charge in [-0.25, -0.2) is 17.6 Å². The first-order valence-corrected chi connectivity index (χ1v) is 11.4. The summed E-state index contributed by atoms with van der Waals surface area (Å²) in [5.74, 6) is 0.902.